The Kier molecular flexibility index (Phi) is 5.74. The van der Waals surface area contributed by atoms with E-state index in [0.29, 0.717) is 30.7 Å². The van der Waals surface area contributed by atoms with Gasteiger partial charge in [0.1, 0.15) is 5.82 Å². The maximum atomic E-state index is 13.0. The van der Waals surface area contributed by atoms with Crippen LogP contribution in [0.15, 0.2) is 16.9 Å². The minimum Gasteiger partial charge on any atom is -0.381 e. The number of ether oxygens (including phenoxy) is 1. The molecule has 7 nitrogen and oxygen atoms in total. The standard InChI is InChI=1S/C23H32N4O3/c28-21(14-16-4-1-2-5-16)27-10-3-6-20(27)22-24-19-7-11-26(15-18(19)23(29)25-22)17-8-12-30-13-9-17/h1,4,16-17,20H,2-3,5-15H2,(H,24,25,29)/t16-,20+/m1/s1. The quantitative estimate of drug-likeness (QED) is 0.768. The summed E-state index contributed by atoms with van der Waals surface area (Å²) in [5.41, 5.74) is 1.71. The third kappa shape index (κ3) is 3.97. The van der Waals surface area contributed by atoms with Gasteiger partial charge in [-0.15, -0.1) is 0 Å². The summed E-state index contributed by atoms with van der Waals surface area (Å²) < 4.78 is 5.48. The van der Waals surface area contributed by atoms with Crippen LogP contribution in [-0.4, -0.2) is 58.0 Å². The molecule has 1 amide bonds. The van der Waals surface area contributed by atoms with E-state index in [2.05, 4.69) is 22.0 Å². The Bertz CT molecular complexity index is 874. The van der Waals surface area contributed by atoms with Gasteiger partial charge in [-0.25, -0.2) is 4.98 Å². The Labute approximate surface area is 177 Å². The fraction of sp³-hybridized carbons (Fsp3) is 0.696. The minimum atomic E-state index is -0.0885. The highest BCUT2D eigenvalue weighted by Gasteiger charge is 2.34. The molecule has 4 aliphatic rings. The lowest BCUT2D eigenvalue weighted by Gasteiger charge is -2.37. The van der Waals surface area contributed by atoms with Crippen LogP contribution in [0, 0.1) is 5.92 Å². The van der Waals surface area contributed by atoms with Gasteiger partial charge in [0.25, 0.3) is 5.56 Å². The molecule has 1 aliphatic carbocycles. The summed E-state index contributed by atoms with van der Waals surface area (Å²) in [7, 11) is 0. The molecule has 0 saturated carbocycles. The van der Waals surface area contributed by atoms with Crippen LogP contribution in [0.1, 0.15) is 68.1 Å². The molecule has 0 spiro atoms. The van der Waals surface area contributed by atoms with E-state index in [1.165, 1.54) is 0 Å². The summed E-state index contributed by atoms with van der Waals surface area (Å²) in [6.07, 6.45) is 11.8. The van der Waals surface area contributed by atoms with E-state index in [1.54, 1.807) is 0 Å². The number of carbonyl (C=O) groups is 1. The number of nitrogens with one attached hydrogen (secondary N) is 1. The summed E-state index contributed by atoms with van der Waals surface area (Å²) in [4.78, 5) is 38.2. The van der Waals surface area contributed by atoms with E-state index >= 15 is 0 Å². The predicted molar refractivity (Wildman–Crippen MR) is 113 cm³/mol. The molecule has 30 heavy (non-hydrogen) atoms. The van der Waals surface area contributed by atoms with Crippen molar-refractivity contribution in [2.45, 2.75) is 70.0 Å². The minimum absolute atomic E-state index is 0.0233. The summed E-state index contributed by atoms with van der Waals surface area (Å²) in [5, 5.41) is 0. The molecule has 4 heterocycles. The number of allylic oxidation sites excluding steroid dienone is 2. The van der Waals surface area contributed by atoms with Crippen molar-refractivity contribution in [3.05, 3.63) is 39.6 Å². The second-order valence-electron chi connectivity index (χ2n) is 9.16. The molecule has 162 valence electrons. The van der Waals surface area contributed by atoms with Gasteiger partial charge in [-0.1, -0.05) is 12.2 Å². The van der Waals surface area contributed by atoms with Crippen molar-refractivity contribution in [1.82, 2.24) is 19.8 Å². The van der Waals surface area contributed by atoms with E-state index in [-0.39, 0.29) is 17.5 Å². The molecule has 2 atom stereocenters. The summed E-state index contributed by atoms with van der Waals surface area (Å²) in [5.74, 6) is 1.25. The first-order chi connectivity index (χ1) is 14.7. The van der Waals surface area contributed by atoms with Gasteiger partial charge in [0, 0.05) is 51.7 Å². The van der Waals surface area contributed by atoms with Crippen LogP contribution < -0.4 is 5.56 Å². The molecule has 0 bridgehead atoms. The lowest BCUT2D eigenvalue weighted by Crippen LogP contribution is -2.44. The maximum absolute atomic E-state index is 13.0. The van der Waals surface area contributed by atoms with Gasteiger partial charge in [0.15, 0.2) is 0 Å². The molecule has 1 aromatic heterocycles. The zero-order chi connectivity index (χ0) is 20.5. The highest BCUT2D eigenvalue weighted by Crippen LogP contribution is 2.32. The average molecular weight is 413 g/mol. The first-order valence-electron chi connectivity index (χ1n) is 11.6. The van der Waals surface area contributed by atoms with Gasteiger partial charge < -0.3 is 14.6 Å². The van der Waals surface area contributed by atoms with Gasteiger partial charge in [-0.3, -0.25) is 14.5 Å². The molecule has 0 unspecified atom stereocenters. The number of hydrogen-bond donors (Lipinski definition) is 1. The zero-order valence-electron chi connectivity index (χ0n) is 17.6. The number of fused-ring (bicyclic) bond motifs is 1. The third-order valence-electron chi connectivity index (χ3n) is 7.26. The lowest BCUT2D eigenvalue weighted by molar-refractivity contribution is -0.133. The SMILES string of the molecule is O=C(C[C@@H]1C=CCC1)N1CCC[C@H]1c1nc2c(c(=O)[nH]1)CN(C1CCOCC1)CC2. The molecular weight excluding hydrogens is 380 g/mol. The van der Waals surface area contributed by atoms with Crippen LogP contribution in [0.2, 0.25) is 0 Å². The largest absolute Gasteiger partial charge is 0.381 e. The molecule has 0 aromatic carbocycles. The van der Waals surface area contributed by atoms with Crippen LogP contribution in [0.25, 0.3) is 0 Å². The van der Waals surface area contributed by atoms with Crippen molar-refractivity contribution in [1.29, 1.82) is 0 Å². The topological polar surface area (TPSA) is 78.5 Å². The monoisotopic (exact) mass is 412 g/mol. The Morgan fingerprint density at radius 3 is 2.87 bits per heavy atom. The second-order valence-corrected chi connectivity index (χ2v) is 9.16. The van der Waals surface area contributed by atoms with Crippen LogP contribution >= 0.6 is 0 Å². The second kappa shape index (κ2) is 8.63. The lowest BCUT2D eigenvalue weighted by atomic mass is 10.0. The Balaban J connectivity index is 1.32. The molecule has 2 saturated heterocycles. The number of rotatable bonds is 4. The number of nitrogens with zero attached hydrogens (tertiary/aromatic N) is 3. The maximum Gasteiger partial charge on any atom is 0.255 e. The molecule has 0 radical (unpaired) electrons. The Hall–Kier alpha value is -1.99. The van der Waals surface area contributed by atoms with E-state index in [9.17, 15) is 9.59 Å². The molecule has 1 aromatic rings. The van der Waals surface area contributed by atoms with Crippen molar-refractivity contribution in [2.75, 3.05) is 26.3 Å². The van der Waals surface area contributed by atoms with E-state index in [1.807, 2.05) is 4.90 Å². The smallest absolute Gasteiger partial charge is 0.255 e. The summed E-state index contributed by atoms with van der Waals surface area (Å²) in [6, 6.07) is 0.410. The molecule has 2 fully saturated rings. The third-order valence-corrected chi connectivity index (χ3v) is 7.26. The van der Waals surface area contributed by atoms with Crippen LogP contribution in [0.4, 0.5) is 0 Å². The molecule has 1 N–H and O–H groups in total. The number of likely N-dealkylation sites (tertiary alicyclic amines) is 1. The Morgan fingerprint density at radius 2 is 2.07 bits per heavy atom. The van der Waals surface area contributed by atoms with Crippen molar-refractivity contribution < 1.29 is 9.53 Å². The number of amides is 1. The number of carbonyl (C=O) groups excluding carboxylic acids is 1. The van der Waals surface area contributed by atoms with Crippen molar-refractivity contribution in [3.63, 3.8) is 0 Å². The van der Waals surface area contributed by atoms with Gasteiger partial charge in [0.05, 0.1) is 17.3 Å². The first kappa shape index (κ1) is 19.9. The van der Waals surface area contributed by atoms with E-state index < -0.39 is 0 Å². The summed E-state index contributed by atoms with van der Waals surface area (Å²) in [6.45, 7) is 3.99. The molecule has 3 aliphatic heterocycles. The molecule has 5 rings (SSSR count). The van der Waals surface area contributed by atoms with E-state index in [0.717, 1.165) is 82.5 Å². The van der Waals surface area contributed by atoms with Gasteiger partial charge in [-0.05, 0) is 44.4 Å². The highest BCUT2D eigenvalue weighted by molar-refractivity contribution is 5.77. The number of aromatic nitrogens is 2. The van der Waals surface area contributed by atoms with Crippen molar-refractivity contribution >= 4 is 5.91 Å². The van der Waals surface area contributed by atoms with Crippen LogP contribution in [0.5, 0.6) is 0 Å². The first-order valence-corrected chi connectivity index (χ1v) is 11.6. The van der Waals surface area contributed by atoms with E-state index in [4.69, 9.17) is 9.72 Å². The fourth-order valence-corrected chi connectivity index (χ4v) is 5.54. The van der Waals surface area contributed by atoms with Crippen LogP contribution in [0.3, 0.4) is 0 Å². The fourth-order valence-electron chi connectivity index (χ4n) is 5.54. The van der Waals surface area contributed by atoms with Gasteiger partial charge in [-0.2, -0.15) is 0 Å². The molecule has 7 heteroatoms. The van der Waals surface area contributed by atoms with Crippen molar-refractivity contribution in [3.8, 4) is 0 Å². The van der Waals surface area contributed by atoms with Crippen molar-refractivity contribution in [2.24, 2.45) is 5.92 Å². The van der Waals surface area contributed by atoms with Crippen LogP contribution in [-0.2, 0) is 22.5 Å². The summed E-state index contributed by atoms with van der Waals surface area (Å²) >= 11 is 0. The number of hydrogen-bond acceptors (Lipinski definition) is 5. The number of aromatic amines is 1. The number of H-pyrrole nitrogens is 1. The predicted octanol–water partition coefficient (Wildman–Crippen LogP) is 2.33. The molecular formula is C23H32N4O3. The zero-order valence-corrected chi connectivity index (χ0v) is 17.6. The highest BCUT2D eigenvalue weighted by atomic mass is 16.5. The normalized spacial score (nSPS) is 27.5. The Morgan fingerprint density at radius 1 is 1.20 bits per heavy atom. The van der Waals surface area contributed by atoms with Gasteiger partial charge >= 0.3 is 0 Å². The van der Waals surface area contributed by atoms with Gasteiger partial charge in [0.2, 0.25) is 5.91 Å². The average Bonchev–Trinajstić information content (AvgIpc) is 3.46.